The van der Waals surface area contributed by atoms with Gasteiger partial charge in [-0.25, -0.2) is 8.42 Å². The first-order valence-corrected chi connectivity index (χ1v) is 22.6. The summed E-state index contributed by atoms with van der Waals surface area (Å²) in [7, 11) is -3.45. The molecule has 0 atom stereocenters. The van der Waals surface area contributed by atoms with Crippen molar-refractivity contribution in [2.24, 2.45) is 0 Å². The summed E-state index contributed by atoms with van der Waals surface area (Å²) in [6, 6.07) is 25.8. The molecule has 0 spiro atoms. The van der Waals surface area contributed by atoms with E-state index in [4.69, 9.17) is 18.9 Å². The molecule has 0 saturated heterocycles. The highest BCUT2D eigenvalue weighted by molar-refractivity contribution is 7.91. The van der Waals surface area contributed by atoms with Gasteiger partial charge in [-0.15, -0.1) is 0 Å². The van der Waals surface area contributed by atoms with Gasteiger partial charge in [-0.1, -0.05) is 65.8 Å². The van der Waals surface area contributed by atoms with Gasteiger partial charge in [0.1, 0.15) is 11.6 Å². The van der Waals surface area contributed by atoms with Crippen LogP contribution in [0.15, 0.2) is 83.8 Å². The second-order valence-electron chi connectivity index (χ2n) is 19.1. The van der Waals surface area contributed by atoms with Crippen LogP contribution in [0.5, 0.6) is 23.0 Å². The van der Waals surface area contributed by atoms with Crippen LogP contribution in [0.25, 0.3) is 21.8 Å². The second kappa shape index (κ2) is 14.0. The number of H-pyrrole nitrogens is 2. The summed E-state index contributed by atoms with van der Waals surface area (Å²) in [5.41, 5.74) is 6.57. The fourth-order valence-corrected chi connectivity index (χ4v) is 10.0. The van der Waals surface area contributed by atoms with Gasteiger partial charge in [-0.05, 0) is 108 Å². The molecule has 4 aromatic carbocycles. The van der Waals surface area contributed by atoms with Gasteiger partial charge >= 0.3 is 0 Å². The monoisotopic (exact) mass is 828 g/mol. The third kappa shape index (κ3) is 7.24. The van der Waals surface area contributed by atoms with Gasteiger partial charge < -0.3 is 28.9 Å². The Balaban J connectivity index is 0.000000155. The second-order valence-corrected chi connectivity index (χ2v) is 21.0. The summed E-state index contributed by atoms with van der Waals surface area (Å²) in [6.45, 7) is 13.0. The van der Waals surface area contributed by atoms with E-state index < -0.39 is 15.3 Å². The van der Waals surface area contributed by atoms with Crippen molar-refractivity contribution in [3.63, 3.8) is 0 Å². The first kappa shape index (κ1) is 39.9. The van der Waals surface area contributed by atoms with Gasteiger partial charge in [-0.3, -0.25) is 9.59 Å². The normalized spacial score (nSPS) is 17.1. The Morgan fingerprint density at radius 1 is 0.600 bits per heavy atom. The van der Waals surface area contributed by atoms with Crippen molar-refractivity contribution in [3.8, 4) is 23.0 Å². The Morgan fingerprint density at radius 3 is 1.58 bits per heavy atom. The fraction of sp³-hybridized carbons (Fsp3) is 0.388. The summed E-state index contributed by atoms with van der Waals surface area (Å²) in [5.74, 6) is 3.33. The number of ether oxygens (including phenoxy) is 4. The van der Waals surface area contributed by atoms with Crippen molar-refractivity contribution in [3.05, 3.63) is 113 Å². The van der Waals surface area contributed by atoms with Crippen LogP contribution in [0.2, 0.25) is 0 Å². The lowest BCUT2D eigenvalue weighted by Gasteiger charge is -2.18. The number of benzene rings is 4. The molecular formula is C49H52N2O8S. The molecule has 10 nitrogen and oxygen atoms in total. The zero-order valence-electron chi connectivity index (χ0n) is 35.3. The molecule has 2 aliphatic carbocycles. The van der Waals surface area contributed by atoms with Crippen LogP contribution in [0.1, 0.15) is 101 Å². The highest BCUT2D eigenvalue weighted by Crippen LogP contribution is 2.53. The number of sulfone groups is 1. The molecule has 2 fully saturated rings. The number of carbonyl (C=O) groups is 2. The lowest BCUT2D eigenvalue weighted by molar-refractivity contribution is -0.121. The summed E-state index contributed by atoms with van der Waals surface area (Å²) in [6.07, 6.45) is 5.38. The third-order valence-corrected chi connectivity index (χ3v) is 13.7. The average molecular weight is 829 g/mol. The van der Waals surface area contributed by atoms with Gasteiger partial charge in [0.05, 0.1) is 15.7 Å². The number of hydrogen-bond donors (Lipinski definition) is 2. The molecule has 2 aromatic heterocycles. The smallest absolute Gasteiger partial charge is 0.231 e. The van der Waals surface area contributed by atoms with Gasteiger partial charge in [0, 0.05) is 57.7 Å². The molecule has 0 bridgehead atoms. The van der Waals surface area contributed by atoms with Crippen LogP contribution in [0.3, 0.4) is 0 Å². The molecule has 4 aliphatic rings. The van der Waals surface area contributed by atoms with E-state index in [1.807, 2.05) is 75.4 Å². The number of fused-ring (bicyclic) bond motifs is 4. The van der Waals surface area contributed by atoms with Gasteiger partial charge in [0.15, 0.2) is 32.8 Å². The molecule has 0 unspecified atom stereocenters. The first-order chi connectivity index (χ1) is 28.3. The number of aromatic amines is 2. The van der Waals surface area contributed by atoms with Crippen molar-refractivity contribution in [1.29, 1.82) is 0 Å². The summed E-state index contributed by atoms with van der Waals surface area (Å²) in [4.78, 5) is 33.7. The molecule has 0 radical (unpaired) electrons. The lowest BCUT2D eigenvalue weighted by atomic mass is 9.87. The van der Waals surface area contributed by atoms with Gasteiger partial charge in [0.2, 0.25) is 13.6 Å². The maximum atomic E-state index is 13.4. The number of Topliss-reactive ketones (excluding diaryl/α,β-unsaturated/α-hetero) is 2. The Hall–Kier alpha value is -5.55. The molecule has 2 aliphatic heterocycles. The van der Waals surface area contributed by atoms with Crippen molar-refractivity contribution in [2.75, 3.05) is 19.8 Å². The Kier molecular flexibility index (Phi) is 9.31. The number of carbonyl (C=O) groups excluding carboxylic acids is 2. The van der Waals surface area contributed by atoms with Crippen LogP contribution in [0, 0.1) is 0 Å². The molecule has 0 amide bonds. The van der Waals surface area contributed by atoms with E-state index in [-0.39, 0.29) is 47.8 Å². The molecule has 4 heterocycles. The number of ketones is 2. The first-order valence-electron chi connectivity index (χ1n) is 20.7. The van der Waals surface area contributed by atoms with E-state index in [1.54, 1.807) is 0 Å². The van der Waals surface area contributed by atoms with Gasteiger partial charge in [-0.2, -0.15) is 0 Å². The standard InChI is InChI=1S/C25H27NO5S.C24H25NO3/c1-24(2,3)23-22(32(4,28)29)17-11-15(5-7-18(17)26-23)12-21(27)25(9-10-25)16-6-8-19-20(13-16)31-14-30-19;1-23(2,3)21-12-16-10-15(4-6-18(16)25-21)11-22(26)24(8-9-24)17-5-7-19-20(13-17)28-14-27-19/h5-8,11,13,26H,9-10,12,14H2,1-4H3;4-7,10,12-13,25H,8-9,11,14H2,1-3H3. The van der Waals surface area contributed by atoms with Crippen molar-refractivity contribution in [1.82, 2.24) is 9.97 Å². The molecule has 6 aromatic rings. The van der Waals surface area contributed by atoms with Crippen LogP contribution < -0.4 is 18.9 Å². The highest BCUT2D eigenvalue weighted by Gasteiger charge is 2.52. The van der Waals surface area contributed by atoms with Crippen LogP contribution in [-0.2, 0) is 53.9 Å². The summed E-state index contributed by atoms with van der Waals surface area (Å²) in [5, 5.41) is 1.82. The predicted molar refractivity (Wildman–Crippen MR) is 231 cm³/mol. The SMILES string of the molecule is CC(C)(C)c1[nH]c2ccc(CC(=O)C3(c4ccc5c(c4)OCO5)CC3)cc2c1S(C)(=O)=O.CC(C)(C)c1cc2cc(CC(=O)C3(c4ccc5c(c4)OCO5)CC3)ccc2[nH]1. The fourth-order valence-electron chi connectivity index (χ4n) is 8.74. The van der Waals surface area contributed by atoms with Gasteiger partial charge in [0.25, 0.3) is 0 Å². The number of nitrogens with one attached hydrogen (secondary N) is 2. The molecule has 2 saturated carbocycles. The zero-order valence-corrected chi connectivity index (χ0v) is 36.2. The molecule has 312 valence electrons. The summed E-state index contributed by atoms with van der Waals surface area (Å²) < 4.78 is 47.1. The minimum absolute atomic E-state index is 0.0758. The maximum Gasteiger partial charge on any atom is 0.231 e. The van der Waals surface area contributed by atoms with E-state index in [0.717, 1.165) is 70.5 Å². The van der Waals surface area contributed by atoms with E-state index >= 15 is 0 Å². The highest BCUT2D eigenvalue weighted by atomic mass is 32.2. The van der Waals surface area contributed by atoms with Crippen LogP contribution in [0.4, 0.5) is 0 Å². The van der Waals surface area contributed by atoms with E-state index in [2.05, 4.69) is 55.0 Å². The largest absolute Gasteiger partial charge is 0.454 e. The van der Waals surface area contributed by atoms with Crippen molar-refractivity contribution >= 4 is 43.2 Å². The Morgan fingerprint density at radius 2 is 1.10 bits per heavy atom. The topological polar surface area (TPSA) is 137 Å². The predicted octanol–water partition coefficient (Wildman–Crippen LogP) is 9.48. The molecule has 2 N–H and O–H groups in total. The quantitative estimate of drug-likeness (QED) is 0.147. The van der Waals surface area contributed by atoms with Crippen LogP contribution >= 0.6 is 0 Å². The number of aromatic nitrogens is 2. The minimum atomic E-state index is -3.45. The molecule has 60 heavy (non-hydrogen) atoms. The Labute approximate surface area is 350 Å². The average Bonchev–Trinajstić information content (AvgIpc) is 3.89. The molecule has 10 rings (SSSR count). The number of rotatable bonds is 9. The van der Waals surface area contributed by atoms with Crippen molar-refractivity contribution < 1.29 is 37.0 Å². The molecule has 11 heteroatoms. The van der Waals surface area contributed by atoms with Crippen molar-refractivity contribution in [2.45, 2.75) is 107 Å². The van der Waals surface area contributed by atoms with Crippen LogP contribution in [-0.4, -0.2) is 49.8 Å². The van der Waals surface area contributed by atoms with E-state index in [1.165, 1.54) is 17.3 Å². The van der Waals surface area contributed by atoms with E-state index in [0.29, 0.717) is 33.9 Å². The maximum absolute atomic E-state index is 13.4. The zero-order chi connectivity index (χ0) is 42.4. The lowest BCUT2D eigenvalue weighted by Crippen LogP contribution is -2.22. The third-order valence-electron chi connectivity index (χ3n) is 12.6. The van der Waals surface area contributed by atoms with E-state index in [9.17, 15) is 18.0 Å². The number of hydrogen-bond acceptors (Lipinski definition) is 8. The summed E-state index contributed by atoms with van der Waals surface area (Å²) >= 11 is 0. The molecular weight excluding hydrogens is 777 g/mol. The Bertz CT molecular complexity index is 2830. The minimum Gasteiger partial charge on any atom is -0.454 e.